The van der Waals surface area contributed by atoms with Crippen molar-refractivity contribution >= 4 is 5.97 Å². The van der Waals surface area contributed by atoms with Gasteiger partial charge < -0.3 is 14.2 Å². The van der Waals surface area contributed by atoms with E-state index in [1.165, 1.54) is 13.5 Å². The van der Waals surface area contributed by atoms with E-state index in [4.69, 9.17) is 14.2 Å². The molecule has 1 heterocycles. The number of rotatable bonds is 2. The molecule has 4 heteroatoms. The molecule has 0 bridgehead atoms. The first kappa shape index (κ1) is 15.3. The van der Waals surface area contributed by atoms with Gasteiger partial charge in [-0.3, -0.25) is 4.79 Å². The molecule has 0 amide bonds. The lowest BCUT2D eigenvalue weighted by atomic mass is 9.51. The zero-order valence-corrected chi connectivity index (χ0v) is 13.5. The second-order valence-electron chi connectivity index (χ2n) is 7.35. The summed E-state index contributed by atoms with van der Waals surface area (Å²) in [4.78, 5) is 11.9. The fourth-order valence-corrected chi connectivity index (χ4v) is 5.11. The van der Waals surface area contributed by atoms with Gasteiger partial charge in [0.15, 0.2) is 5.79 Å². The third kappa shape index (κ3) is 2.40. The quantitative estimate of drug-likeness (QED) is 0.734. The Labute approximate surface area is 127 Å². The topological polar surface area (TPSA) is 44.8 Å². The third-order valence-electron chi connectivity index (χ3n) is 6.50. The Hall–Kier alpha value is -0.610. The van der Waals surface area contributed by atoms with E-state index < -0.39 is 0 Å². The lowest BCUT2D eigenvalue weighted by molar-refractivity contribution is -0.252. The minimum absolute atomic E-state index is 0.00125. The molecule has 1 saturated heterocycles. The Morgan fingerprint density at radius 2 is 1.90 bits per heavy atom. The number of ether oxygens (including phenoxy) is 3. The first-order chi connectivity index (χ1) is 10.0. The van der Waals surface area contributed by atoms with Crippen molar-refractivity contribution in [3.8, 4) is 0 Å². The molecule has 4 atom stereocenters. The molecule has 0 unspecified atom stereocenters. The zero-order chi connectivity index (χ0) is 15.1. The summed E-state index contributed by atoms with van der Waals surface area (Å²) in [6.45, 7) is 6.00. The number of methoxy groups -OCH3 is 1. The summed E-state index contributed by atoms with van der Waals surface area (Å²) in [6.07, 6.45) is 6.13. The number of fused-ring (bicyclic) bond motifs is 2. The largest absolute Gasteiger partial charge is 0.469 e. The van der Waals surface area contributed by atoms with E-state index in [1.54, 1.807) is 0 Å². The lowest BCUT2D eigenvalue weighted by Crippen LogP contribution is -2.55. The predicted molar refractivity (Wildman–Crippen MR) is 78.6 cm³/mol. The molecule has 1 aliphatic heterocycles. The fourth-order valence-electron chi connectivity index (χ4n) is 5.11. The number of carbonyl (C=O) groups is 1. The van der Waals surface area contributed by atoms with Crippen LogP contribution in [0.15, 0.2) is 0 Å². The van der Waals surface area contributed by atoms with Crippen LogP contribution in [-0.4, -0.2) is 32.1 Å². The van der Waals surface area contributed by atoms with E-state index in [0.717, 1.165) is 25.7 Å². The molecule has 3 rings (SSSR count). The van der Waals surface area contributed by atoms with Gasteiger partial charge in [-0.1, -0.05) is 13.8 Å². The van der Waals surface area contributed by atoms with Crippen LogP contribution in [0.2, 0.25) is 0 Å². The fraction of sp³-hybridized carbons (Fsp3) is 0.941. The summed E-state index contributed by atoms with van der Waals surface area (Å²) in [5.41, 5.74) is -0.00125. The predicted octanol–water partition coefficient (Wildman–Crippen LogP) is 3.15. The lowest BCUT2D eigenvalue weighted by Gasteiger charge is -2.56. The Morgan fingerprint density at radius 1 is 1.19 bits per heavy atom. The van der Waals surface area contributed by atoms with Gasteiger partial charge in [-0.2, -0.15) is 0 Å². The van der Waals surface area contributed by atoms with Crippen LogP contribution in [0.4, 0.5) is 0 Å². The summed E-state index contributed by atoms with van der Waals surface area (Å²) in [5, 5.41) is 0. The molecule has 21 heavy (non-hydrogen) atoms. The van der Waals surface area contributed by atoms with E-state index in [1.807, 2.05) is 0 Å². The maximum absolute atomic E-state index is 11.9. The van der Waals surface area contributed by atoms with E-state index in [-0.39, 0.29) is 17.2 Å². The number of hydrogen-bond donors (Lipinski definition) is 0. The van der Waals surface area contributed by atoms with Crippen molar-refractivity contribution in [3.05, 3.63) is 0 Å². The highest BCUT2D eigenvalue weighted by atomic mass is 16.7. The van der Waals surface area contributed by atoms with Crippen LogP contribution >= 0.6 is 0 Å². The second-order valence-corrected chi connectivity index (χ2v) is 7.35. The molecule has 3 fully saturated rings. The molecule has 0 N–H and O–H groups in total. The van der Waals surface area contributed by atoms with Crippen molar-refractivity contribution < 1.29 is 19.0 Å². The van der Waals surface area contributed by atoms with E-state index in [2.05, 4.69) is 13.8 Å². The smallest absolute Gasteiger partial charge is 0.306 e. The molecule has 2 saturated carbocycles. The SMILES string of the molecule is COC(=O)C[C@@]1(C)[C@H](C)CC[C@@H]2[C@@H]1CCCC21OCCO1. The van der Waals surface area contributed by atoms with Crippen molar-refractivity contribution in [1.82, 2.24) is 0 Å². The van der Waals surface area contributed by atoms with Crippen LogP contribution in [0.5, 0.6) is 0 Å². The van der Waals surface area contributed by atoms with Crippen molar-refractivity contribution in [1.29, 1.82) is 0 Å². The minimum atomic E-state index is -0.361. The van der Waals surface area contributed by atoms with Crippen molar-refractivity contribution in [2.24, 2.45) is 23.2 Å². The van der Waals surface area contributed by atoms with Gasteiger partial charge in [-0.15, -0.1) is 0 Å². The molecule has 0 aromatic rings. The molecular weight excluding hydrogens is 268 g/mol. The van der Waals surface area contributed by atoms with Crippen LogP contribution in [0, 0.1) is 23.2 Å². The summed E-state index contributed by atoms with van der Waals surface area (Å²) < 4.78 is 17.1. The summed E-state index contributed by atoms with van der Waals surface area (Å²) in [6, 6.07) is 0. The maximum Gasteiger partial charge on any atom is 0.306 e. The van der Waals surface area contributed by atoms with Gasteiger partial charge in [0.25, 0.3) is 0 Å². The Kier molecular flexibility index (Phi) is 4.04. The van der Waals surface area contributed by atoms with Crippen LogP contribution in [0.25, 0.3) is 0 Å². The van der Waals surface area contributed by atoms with Crippen LogP contribution in [0.3, 0.4) is 0 Å². The highest BCUT2D eigenvalue weighted by Crippen LogP contribution is 2.59. The summed E-state index contributed by atoms with van der Waals surface area (Å²) in [5.74, 6) is 1.01. The molecule has 2 aliphatic carbocycles. The van der Waals surface area contributed by atoms with Gasteiger partial charge in [-0.25, -0.2) is 0 Å². The van der Waals surface area contributed by atoms with Crippen molar-refractivity contribution in [3.63, 3.8) is 0 Å². The maximum atomic E-state index is 11.9. The number of hydrogen-bond acceptors (Lipinski definition) is 4. The van der Waals surface area contributed by atoms with Crippen LogP contribution in [0.1, 0.15) is 52.4 Å². The van der Waals surface area contributed by atoms with Crippen LogP contribution < -0.4 is 0 Å². The molecule has 3 aliphatic rings. The van der Waals surface area contributed by atoms with Crippen molar-refractivity contribution in [2.75, 3.05) is 20.3 Å². The molecule has 0 radical (unpaired) electrons. The molecule has 0 aromatic heterocycles. The average Bonchev–Trinajstić information content (AvgIpc) is 2.93. The van der Waals surface area contributed by atoms with Gasteiger partial charge in [0, 0.05) is 12.3 Å². The standard InChI is InChI=1S/C17H28O4/c1-12-6-7-14-13(16(12,2)11-15(18)19-3)5-4-8-17(14)20-9-10-21-17/h12-14H,4-11H2,1-3H3/t12-,13+,14-,16+/m1/s1. The Balaban J connectivity index is 1.88. The summed E-state index contributed by atoms with van der Waals surface area (Å²) in [7, 11) is 1.49. The first-order valence-electron chi connectivity index (χ1n) is 8.36. The van der Waals surface area contributed by atoms with E-state index in [0.29, 0.717) is 37.4 Å². The molecule has 1 spiro atoms. The Morgan fingerprint density at radius 3 is 2.57 bits per heavy atom. The summed E-state index contributed by atoms with van der Waals surface area (Å²) >= 11 is 0. The number of esters is 1. The Bertz CT molecular complexity index is 402. The highest BCUT2D eigenvalue weighted by molar-refractivity contribution is 5.70. The molecular formula is C17H28O4. The minimum Gasteiger partial charge on any atom is -0.469 e. The molecule has 120 valence electrons. The molecule has 0 aromatic carbocycles. The van der Waals surface area contributed by atoms with Gasteiger partial charge >= 0.3 is 5.97 Å². The molecule has 4 nitrogen and oxygen atoms in total. The van der Waals surface area contributed by atoms with Crippen LogP contribution in [-0.2, 0) is 19.0 Å². The van der Waals surface area contributed by atoms with Gasteiger partial charge in [-0.05, 0) is 42.9 Å². The highest BCUT2D eigenvalue weighted by Gasteiger charge is 2.58. The van der Waals surface area contributed by atoms with Gasteiger partial charge in [0.05, 0.1) is 26.7 Å². The normalized spacial score (nSPS) is 41.8. The van der Waals surface area contributed by atoms with Gasteiger partial charge in [0.1, 0.15) is 0 Å². The average molecular weight is 296 g/mol. The zero-order valence-electron chi connectivity index (χ0n) is 13.5. The number of carbonyl (C=O) groups excluding carboxylic acids is 1. The monoisotopic (exact) mass is 296 g/mol. The first-order valence-corrected chi connectivity index (χ1v) is 8.36. The van der Waals surface area contributed by atoms with E-state index >= 15 is 0 Å². The second kappa shape index (κ2) is 5.54. The van der Waals surface area contributed by atoms with Crippen molar-refractivity contribution in [2.45, 2.75) is 58.2 Å². The van der Waals surface area contributed by atoms with Gasteiger partial charge in [0.2, 0.25) is 0 Å². The van der Waals surface area contributed by atoms with E-state index in [9.17, 15) is 4.79 Å². The third-order valence-corrected chi connectivity index (χ3v) is 6.50.